The number of pyridine rings is 1. The molecule has 0 aliphatic carbocycles. The predicted molar refractivity (Wildman–Crippen MR) is 70.6 cm³/mol. The predicted octanol–water partition coefficient (Wildman–Crippen LogP) is 0.504. The SMILES string of the molecule is O=C(c1cncc(-n2ccnn2)c1)N1CC(F)(F)CC1CO. The third-order valence-electron chi connectivity index (χ3n) is 3.51. The van der Waals surface area contributed by atoms with Crippen LogP contribution in [0, 0.1) is 0 Å². The van der Waals surface area contributed by atoms with Crippen molar-refractivity contribution in [1.82, 2.24) is 24.9 Å². The topological polar surface area (TPSA) is 84.1 Å². The van der Waals surface area contributed by atoms with Gasteiger partial charge in [0.2, 0.25) is 0 Å². The number of nitrogens with zero attached hydrogens (tertiary/aromatic N) is 5. The fourth-order valence-corrected chi connectivity index (χ4v) is 2.48. The second-order valence-corrected chi connectivity index (χ2v) is 5.11. The number of hydrogen-bond donors (Lipinski definition) is 1. The molecule has 0 bridgehead atoms. The number of amides is 1. The van der Waals surface area contributed by atoms with Gasteiger partial charge in [0.25, 0.3) is 11.8 Å². The lowest BCUT2D eigenvalue weighted by Crippen LogP contribution is -2.38. The van der Waals surface area contributed by atoms with E-state index in [0.29, 0.717) is 5.69 Å². The summed E-state index contributed by atoms with van der Waals surface area (Å²) in [4.78, 5) is 17.3. The summed E-state index contributed by atoms with van der Waals surface area (Å²) in [6.45, 7) is -1.21. The second kappa shape index (κ2) is 5.41. The van der Waals surface area contributed by atoms with Gasteiger partial charge in [0, 0.05) is 12.6 Å². The van der Waals surface area contributed by atoms with Crippen LogP contribution in [0.4, 0.5) is 8.78 Å². The number of halogens is 2. The van der Waals surface area contributed by atoms with Crippen LogP contribution in [-0.2, 0) is 0 Å². The molecule has 0 spiro atoms. The molecule has 9 heteroatoms. The molecule has 2 aromatic rings. The van der Waals surface area contributed by atoms with Crippen LogP contribution >= 0.6 is 0 Å². The number of rotatable bonds is 3. The van der Waals surface area contributed by atoms with Crippen molar-refractivity contribution in [3.63, 3.8) is 0 Å². The molecule has 1 fully saturated rings. The van der Waals surface area contributed by atoms with Gasteiger partial charge in [-0.25, -0.2) is 13.5 Å². The Bertz CT molecular complexity index is 677. The normalized spacial score (nSPS) is 20.3. The van der Waals surface area contributed by atoms with Gasteiger partial charge < -0.3 is 10.0 Å². The molecule has 1 aliphatic rings. The minimum Gasteiger partial charge on any atom is -0.394 e. The van der Waals surface area contributed by atoms with E-state index >= 15 is 0 Å². The maximum atomic E-state index is 13.5. The first-order valence-corrected chi connectivity index (χ1v) is 6.61. The van der Waals surface area contributed by atoms with Crippen molar-refractivity contribution in [2.24, 2.45) is 0 Å². The molecule has 1 saturated heterocycles. The number of aliphatic hydroxyl groups excluding tert-OH is 1. The zero-order chi connectivity index (χ0) is 15.7. The molecule has 2 aromatic heterocycles. The summed E-state index contributed by atoms with van der Waals surface area (Å²) in [6, 6.07) is 0.604. The van der Waals surface area contributed by atoms with E-state index in [9.17, 15) is 18.7 Å². The molecule has 116 valence electrons. The third kappa shape index (κ3) is 2.67. The average Bonchev–Trinajstić information content (AvgIpc) is 3.14. The summed E-state index contributed by atoms with van der Waals surface area (Å²) in [5.74, 6) is -3.58. The molecular weight excluding hydrogens is 296 g/mol. The Morgan fingerprint density at radius 3 is 2.95 bits per heavy atom. The first kappa shape index (κ1) is 14.5. The van der Waals surface area contributed by atoms with Gasteiger partial charge in [0.05, 0.1) is 49.0 Å². The number of aromatic nitrogens is 4. The molecule has 7 nitrogen and oxygen atoms in total. The lowest BCUT2D eigenvalue weighted by Gasteiger charge is -2.22. The zero-order valence-electron chi connectivity index (χ0n) is 11.4. The highest BCUT2D eigenvalue weighted by Crippen LogP contribution is 2.32. The standard InChI is InChI=1S/C13H13F2N5O2/c14-13(15)4-11(7-21)19(8-13)12(22)9-3-10(6-16-5-9)20-2-1-17-18-20/h1-3,5-6,11,21H,4,7-8H2. The number of alkyl halides is 2. The molecule has 1 aliphatic heterocycles. The van der Waals surface area contributed by atoms with Crippen LogP contribution in [0.2, 0.25) is 0 Å². The van der Waals surface area contributed by atoms with Gasteiger partial charge in [-0.15, -0.1) is 5.10 Å². The van der Waals surface area contributed by atoms with Crippen molar-refractivity contribution < 1.29 is 18.7 Å². The van der Waals surface area contributed by atoms with Crippen LogP contribution in [0.3, 0.4) is 0 Å². The minimum atomic E-state index is -2.99. The van der Waals surface area contributed by atoms with Crippen LogP contribution in [0.15, 0.2) is 30.9 Å². The summed E-state index contributed by atoms with van der Waals surface area (Å²) in [7, 11) is 0. The monoisotopic (exact) mass is 309 g/mol. The van der Waals surface area contributed by atoms with Crippen molar-refractivity contribution in [2.75, 3.05) is 13.2 Å². The molecule has 3 heterocycles. The lowest BCUT2D eigenvalue weighted by atomic mass is 10.2. The van der Waals surface area contributed by atoms with Crippen LogP contribution in [0.5, 0.6) is 0 Å². The Hall–Kier alpha value is -2.42. The maximum absolute atomic E-state index is 13.5. The average molecular weight is 309 g/mol. The summed E-state index contributed by atoms with van der Waals surface area (Å²) < 4.78 is 28.3. The van der Waals surface area contributed by atoms with Crippen molar-refractivity contribution in [1.29, 1.82) is 0 Å². The van der Waals surface area contributed by atoms with E-state index in [4.69, 9.17) is 0 Å². The first-order chi connectivity index (χ1) is 10.5. The van der Waals surface area contributed by atoms with E-state index in [-0.39, 0.29) is 5.56 Å². The van der Waals surface area contributed by atoms with Crippen LogP contribution < -0.4 is 0 Å². The number of likely N-dealkylation sites (tertiary alicyclic amines) is 1. The smallest absolute Gasteiger partial charge is 0.267 e. The largest absolute Gasteiger partial charge is 0.394 e. The summed E-state index contributed by atoms with van der Waals surface area (Å²) in [5, 5.41) is 16.6. The molecule has 1 N–H and O–H groups in total. The van der Waals surface area contributed by atoms with Gasteiger partial charge in [0.15, 0.2) is 0 Å². The Kier molecular flexibility index (Phi) is 3.57. The van der Waals surface area contributed by atoms with Gasteiger partial charge in [-0.2, -0.15) is 0 Å². The van der Waals surface area contributed by atoms with E-state index in [1.54, 1.807) is 6.20 Å². The van der Waals surface area contributed by atoms with E-state index in [1.165, 1.54) is 29.3 Å². The molecule has 1 atom stereocenters. The maximum Gasteiger partial charge on any atom is 0.267 e. The first-order valence-electron chi connectivity index (χ1n) is 6.61. The van der Waals surface area contributed by atoms with Gasteiger partial charge in [-0.3, -0.25) is 9.78 Å². The van der Waals surface area contributed by atoms with Crippen LogP contribution in [-0.4, -0.2) is 61.0 Å². The molecular formula is C13H13F2N5O2. The second-order valence-electron chi connectivity index (χ2n) is 5.11. The number of carbonyl (C=O) groups excluding carboxylic acids is 1. The minimum absolute atomic E-state index is 0.157. The highest BCUT2D eigenvalue weighted by molar-refractivity contribution is 5.94. The number of aliphatic hydroxyl groups is 1. The van der Waals surface area contributed by atoms with E-state index in [2.05, 4.69) is 15.3 Å². The summed E-state index contributed by atoms with van der Waals surface area (Å²) in [5.41, 5.74) is 0.652. The Morgan fingerprint density at radius 1 is 1.45 bits per heavy atom. The molecule has 1 amide bonds. The van der Waals surface area contributed by atoms with Crippen LogP contribution in [0.25, 0.3) is 5.69 Å². The Morgan fingerprint density at radius 2 is 2.27 bits per heavy atom. The molecule has 3 rings (SSSR count). The fourth-order valence-electron chi connectivity index (χ4n) is 2.48. The van der Waals surface area contributed by atoms with E-state index in [0.717, 1.165) is 4.90 Å². The molecule has 0 aromatic carbocycles. The van der Waals surface area contributed by atoms with Crippen molar-refractivity contribution in [2.45, 2.75) is 18.4 Å². The quantitative estimate of drug-likeness (QED) is 0.893. The van der Waals surface area contributed by atoms with Gasteiger partial charge in [0.1, 0.15) is 0 Å². The molecule has 1 unspecified atom stereocenters. The highest BCUT2D eigenvalue weighted by atomic mass is 19.3. The summed E-state index contributed by atoms with van der Waals surface area (Å²) in [6.07, 6.45) is 5.29. The highest BCUT2D eigenvalue weighted by Gasteiger charge is 2.46. The molecule has 22 heavy (non-hydrogen) atoms. The van der Waals surface area contributed by atoms with Crippen molar-refractivity contribution >= 4 is 5.91 Å². The summed E-state index contributed by atoms with van der Waals surface area (Å²) >= 11 is 0. The Balaban J connectivity index is 1.88. The van der Waals surface area contributed by atoms with E-state index < -0.39 is 37.4 Å². The zero-order valence-corrected chi connectivity index (χ0v) is 11.4. The van der Waals surface area contributed by atoms with E-state index in [1.807, 2.05) is 0 Å². The number of carbonyl (C=O) groups is 1. The van der Waals surface area contributed by atoms with Gasteiger partial charge >= 0.3 is 0 Å². The number of hydrogen-bond acceptors (Lipinski definition) is 5. The van der Waals surface area contributed by atoms with Gasteiger partial charge in [-0.1, -0.05) is 5.21 Å². The fraction of sp³-hybridized carbons (Fsp3) is 0.385. The van der Waals surface area contributed by atoms with Crippen molar-refractivity contribution in [3.8, 4) is 5.69 Å². The van der Waals surface area contributed by atoms with Crippen molar-refractivity contribution in [3.05, 3.63) is 36.4 Å². The van der Waals surface area contributed by atoms with Gasteiger partial charge in [-0.05, 0) is 6.07 Å². The molecule has 0 radical (unpaired) electrons. The molecule has 0 saturated carbocycles. The third-order valence-corrected chi connectivity index (χ3v) is 3.51. The van der Waals surface area contributed by atoms with Crippen LogP contribution in [0.1, 0.15) is 16.8 Å². The Labute approximate surface area is 124 Å². The lowest BCUT2D eigenvalue weighted by molar-refractivity contribution is 0.0116.